The first-order valence-electron chi connectivity index (χ1n) is 5.69. The summed E-state index contributed by atoms with van der Waals surface area (Å²) in [6.45, 7) is 1.17. The van der Waals surface area contributed by atoms with Gasteiger partial charge in [-0.1, -0.05) is 12.1 Å². The molecule has 0 radical (unpaired) electrons. The number of carbonyl (C=O) groups excluding carboxylic acids is 1. The second-order valence-electron chi connectivity index (χ2n) is 4.25. The highest BCUT2D eigenvalue weighted by Gasteiger charge is 2.28. The number of hydrogen-bond acceptors (Lipinski definition) is 4. The number of rotatable bonds is 2. The first-order chi connectivity index (χ1) is 8.61. The summed E-state index contributed by atoms with van der Waals surface area (Å²) < 4.78 is 4.66. The third-order valence-corrected chi connectivity index (χ3v) is 3.17. The number of carbonyl (C=O) groups is 1. The number of amides is 1. The fourth-order valence-corrected chi connectivity index (χ4v) is 2.22. The Bertz CT molecular complexity index is 475. The Kier molecular flexibility index (Phi) is 3.45. The molecular weight excluding hydrogens is 236 g/mol. The van der Waals surface area contributed by atoms with E-state index in [2.05, 4.69) is 4.74 Å². The second-order valence-corrected chi connectivity index (χ2v) is 4.25. The van der Waals surface area contributed by atoms with Crippen molar-refractivity contribution in [2.45, 2.75) is 12.3 Å². The molecule has 0 N–H and O–H groups in total. The van der Waals surface area contributed by atoms with Gasteiger partial charge in [-0.25, -0.2) is 4.79 Å². The Morgan fingerprint density at radius 1 is 1.56 bits per heavy atom. The molecule has 6 nitrogen and oxygen atoms in total. The van der Waals surface area contributed by atoms with E-state index in [1.807, 2.05) is 6.07 Å². The predicted molar refractivity (Wildman–Crippen MR) is 64.4 cm³/mol. The Morgan fingerprint density at radius 2 is 2.33 bits per heavy atom. The summed E-state index contributed by atoms with van der Waals surface area (Å²) in [5, 5.41) is 10.7. The fraction of sp³-hybridized carbons (Fsp3) is 0.417. The van der Waals surface area contributed by atoms with E-state index in [1.165, 1.54) is 13.2 Å². The molecule has 2 rings (SSSR count). The average Bonchev–Trinajstić information content (AvgIpc) is 2.87. The van der Waals surface area contributed by atoms with Crippen LogP contribution in [0.5, 0.6) is 0 Å². The largest absolute Gasteiger partial charge is 0.453 e. The minimum atomic E-state index is -0.406. The molecular formula is C12H14N2O4. The smallest absolute Gasteiger partial charge is 0.409 e. The summed E-state index contributed by atoms with van der Waals surface area (Å²) in [6, 6.07) is 6.58. The highest BCUT2D eigenvalue weighted by atomic mass is 16.6. The van der Waals surface area contributed by atoms with Crippen LogP contribution in [-0.4, -0.2) is 36.1 Å². The van der Waals surface area contributed by atoms with Gasteiger partial charge in [0.25, 0.3) is 5.69 Å². The molecule has 0 bridgehead atoms. The molecule has 0 aliphatic carbocycles. The molecule has 18 heavy (non-hydrogen) atoms. The van der Waals surface area contributed by atoms with Gasteiger partial charge < -0.3 is 9.64 Å². The van der Waals surface area contributed by atoms with Crippen molar-refractivity contribution in [2.24, 2.45) is 0 Å². The van der Waals surface area contributed by atoms with Crippen LogP contribution in [0.25, 0.3) is 0 Å². The Labute approximate surface area is 104 Å². The van der Waals surface area contributed by atoms with Crippen LogP contribution in [0.1, 0.15) is 17.9 Å². The summed E-state index contributed by atoms with van der Waals surface area (Å²) in [5.74, 6) is 0.143. The molecule has 1 heterocycles. The van der Waals surface area contributed by atoms with Crippen LogP contribution < -0.4 is 0 Å². The summed E-state index contributed by atoms with van der Waals surface area (Å²) in [7, 11) is 1.35. The Morgan fingerprint density at radius 3 is 3.00 bits per heavy atom. The molecule has 96 valence electrons. The van der Waals surface area contributed by atoms with Crippen LogP contribution in [0.4, 0.5) is 10.5 Å². The predicted octanol–water partition coefficient (Wildman–Crippen LogP) is 2.15. The number of benzene rings is 1. The lowest BCUT2D eigenvalue weighted by molar-refractivity contribution is -0.384. The lowest BCUT2D eigenvalue weighted by Crippen LogP contribution is -2.28. The van der Waals surface area contributed by atoms with Crippen molar-refractivity contribution >= 4 is 11.8 Å². The first-order valence-corrected chi connectivity index (χ1v) is 5.69. The van der Waals surface area contributed by atoms with Crippen LogP contribution in [-0.2, 0) is 4.74 Å². The van der Waals surface area contributed by atoms with Gasteiger partial charge in [0.15, 0.2) is 0 Å². The molecule has 1 saturated heterocycles. The number of ether oxygens (including phenoxy) is 1. The van der Waals surface area contributed by atoms with E-state index >= 15 is 0 Å². The van der Waals surface area contributed by atoms with Crippen LogP contribution in [0.2, 0.25) is 0 Å². The quantitative estimate of drug-likeness (QED) is 0.595. The topological polar surface area (TPSA) is 72.7 Å². The summed E-state index contributed by atoms with van der Waals surface area (Å²) in [4.78, 5) is 23.3. The number of nitro benzene ring substituents is 1. The van der Waals surface area contributed by atoms with Gasteiger partial charge in [0.1, 0.15) is 0 Å². The van der Waals surface area contributed by atoms with Crippen LogP contribution in [0, 0.1) is 10.1 Å². The maximum atomic E-state index is 11.4. The van der Waals surface area contributed by atoms with E-state index in [0.717, 1.165) is 12.0 Å². The zero-order chi connectivity index (χ0) is 13.1. The van der Waals surface area contributed by atoms with Gasteiger partial charge in [0.2, 0.25) is 0 Å². The number of methoxy groups -OCH3 is 1. The summed E-state index contributed by atoms with van der Waals surface area (Å²) in [5.41, 5.74) is 0.986. The first kappa shape index (κ1) is 12.3. The molecule has 1 aliphatic rings. The highest BCUT2D eigenvalue weighted by molar-refractivity contribution is 5.68. The highest BCUT2D eigenvalue weighted by Crippen LogP contribution is 2.29. The van der Waals surface area contributed by atoms with E-state index in [0.29, 0.717) is 13.1 Å². The van der Waals surface area contributed by atoms with E-state index in [-0.39, 0.29) is 17.7 Å². The van der Waals surface area contributed by atoms with Gasteiger partial charge in [-0.3, -0.25) is 10.1 Å². The van der Waals surface area contributed by atoms with Crippen molar-refractivity contribution in [1.29, 1.82) is 0 Å². The third kappa shape index (κ3) is 2.42. The maximum absolute atomic E-state index is 11.4. The van der Waals surface area contributed by atoms with Crippen molar-refractivity contribution in [3.63, 3.8) is 0 Å². The minimum absolute atomic E-state index is 0.0871. The third-order valence-electron chi connectivity index (χ3n) is 3.17. The van der Waals surface area contributed by atoms with Gasteiger partial charge in [-0.05, 0) is 12.0 Å². The maximum Gasteiger partial charge on any atom is 0.409 e. The molecule has 0 aromatic heterocycles. The lowest BCUT2D eigenvalue weighted by atomic mass is 9.98. The molecule has 0 spiro atoms. The van der Waals surface area contributed by atoms with Crippen LogP contribution in [0.15, 0.2) is 24.3 Å². The van der Waals surface area contributed by atoms with Crippen LogP contribution in [0.3, 0.4) is 0 Å². The van der Waals surface area contributed by atoms with Crippen molar-refractivity contribution < 1.29 is 14.5 Å². The van der Waals surface area contributed by atoms with Gasteiger partial charge in [-0.15, -0.1) is 0 Å². The zero-order valence-electron chi connectivity index (χ0n) is 10.0. The molecule has 1 atom stereocenters. The van der Waals surface area contributed by atoms with Crippen molar-refractivity contribution in [1.82, 2.24) is 4.90 Å². The SMILES string of the molecule is COC(=O)N1CCC(c2cccc([N+](=O)[O-])c2)C1. The van der Waals surface area contributed by atoms with Crippen LogP contribution >= 0.6 is 0 Å². The van der Waals surface area contributed by atoms with E-state index in [9.17, 15) is 14.9 Å². The zero-order valence-corrected chi connectivity index (χ0v) is 10.0. The van der Waals surface area contributed by atoms with Gasteiger partial charge in [0.05, 0.1) is 12.0 Å². The van der Waals surface area contributed by atoms with E-state index < -0.39 is 4.92 Å². The van der Waals surface area contributed by atoms with Crippen molar-refractivity contribution in [3.8, 4) is 0 Å². The van der Waals surface area contributed by atoms with Crippen molar-refractivity contribution in [2.75, 3.05) is 20.2 Å². The second kappa shape index (κ2) is 5.03. The number of nitrogens with zero attached hydrogens (tertiary/aromatic N) is 2. The fourth-order valence-electron chi connectivity index (χ4n) is 2.22. The number of likely N-dealkylation sites (tertiary alicyclic amines) is 1. The standard InChI is InChI=1S/C12H14N2O4/c1-18-12(15)13-6-5-10(8-13)9-3-2-4-11(7-9)14(16)17/h2-4,7,10H,5-6,8H2,1H3. The van der Waals surface area contributed by atoms with Crippen molar-refractivity contribution in [3.05, 3.63) is 39.9 Å². The summed E-state index contributed by atoms with van der Waals surface area (Å²) in [6.07, 6.45) is 0.457. The molecule has 1 fully saturated rings. The molecule has 1 aliphatic heterocycles. The number of hydrogen-bond donors (Lipinski definition) is 0. The molecule has 0 saturated carbocycles. The molecule has 1 amide bonds. The molecule has 1 aromatic carbocycles. The molecule has 1 unspecified atom stereocenters. The Hall–Kier alpha value is -2.11. The van der Waals surface area contributed by atoms with E-state index in [4.69, 9.17) is 0 Å². The monoisotopic (exact) mass is 250 g/mol. The normalized spacial score (nSPS) is 18.7. The average molecular weight is 250 g/mol. The van der Waals surface area contributed by atoms with Gasteiger partial charge in [-0.2, -0.15) is 0 Å². The molecule has 6 heteroatoms. The van der Waals surface area contributed by atoms with Gasteiger partial charge >= 0.3 is 6.09 Å². The van der Waals surface area contributed by atoms with Gasteiger partial charge in [0, 0.05) is 31.1 Å². The Balaban J connectivity index is 2.12. The molecule has 1 aromatic rings. The minimum Gasteiger partial charge on any atom is -0.453 e. The van der Waals surface area contributed by atoms with E-state index in [1.54, 1.807) is 17.0 Å². The number of nitro groups is 1. The number of non-ortho nitro benzene ring substituents is 1. The summed E-state index contributed by atoms with van der Waals surface area (Å²) >= 11 is 0. The lowest BCUT2D eigenvalue weighted by Gasteiger charge is -2.14.